The molecular formula is C30H36FN3O4. The van der Waals surface area contributed by atoms with Crippen molar-refractivity contribution in [3.05, 3.63) is 65.5 Å². The molecule has 0 radical (unpaired) electrons. The number of carbonyl (C=O) groups is 3. The molecule has 1 aliphatic carbocycles. The molecule has 8 heteroatoms. The summed E-state index contributed by atoms with van der Waals surface area (Å²) < 4.78 is 19.8. The first-order valence-corrected chi connectivity index (χ1v) is 13.5. The van der Waals surface area contributed by atoms with Crippen LogP contribution in [0.2, 0.25) is 0 Å². The van der Waals surface area contributed by atoms with Crippen LogP contribution in [-0.4, -0.2) is 59.0 Å². The third kappa shape index (κ3) is 6.00. The number of hydrogen-bond donors (Lipinski definition) is 1. The van der Waals surface area contributed by atoms with Gasteiger partial charge in [0, 0.05) is 37.8 Å². The van der Waals surface area contributed by atoms with E-state index in [0.717, 1.165) is 19.3 Å². The molecule has 2 aromatic carbocycles. The van der Waals surface area contributed by atoms with Gasteiger partial charge in [-0.3, -0.25) is 9.59 Å². The first-order chi connectivity index (χ1) is 18.1. The number of amides is 3. The Morgan fingerprint density at radius 1 is 1.08 bits per heavy atom. The van der Waals surface area contributed by atoms with Gasteiger partial charge in [0.25, 0.3) is 0 Å². The van der Waals surface area contributed by atoms with E-state index in [-0.39, 0.29) is 42.2 Å². The highest BCUT2D eigenvalue weighted by Crippen LogP contribution is 2.39. The van der Waals surface area contributed by atoms with E-state index in [1.807, 2.05) is 43.9 Å². The van der Waals surface area contributed by atoms with Gasteiger partial charge in [-0.2, -0.15) is 0 Å². The van der Waals surface area contributed by atoms with Gasteiger partial charge in [-0.05, 0) is 81.2 Å². The number of nitrogens with zero attached hydrogens (tertiary/aromatic N) is 2. The second-order valence-corrected chi connectivity index (χ2v) is 11.9. The summed E-state index contributed by atoms with van der Waals surface area (Å²) in [7, 11) is 0. The molecule has 1 unspecified atom stereocenters. The highest BCUT2D eigenvalue weighted by Gasteiger charge is 2.44. The zero-order chi connectivity index (χ0) is 27.0. The maximum Gasteiger partial charge on any atom is 0.410 e. The molecule has 202 valence electrons. The molecule has 38 heavy (non-hydrogen) atoms. The number of benzene rings is 2. The standard InChI is InChI=1S/C30H36FN3O4/c1-30(2,3)38-29(37)33-16-20(13-19-7-5-4-6-8-19)21(17-33)18-34(23-10-11-23)28(36)25-15-27(35)32-26-12-9-22(31)14-24(25)26/h4-9,12,14,20-21,23,25H,10-11,13,15-18H2,1-3H3,(H,32,35)/t20-,21-,25?/m1/s1. The quantitative estimate of drug-likeness (QED) is 0.582. The van der Waals surface area contributed by atoms with Gasteiger partial charge in [-0.25, -0.2) is 9.18 Å². The molecule has 5 rings (SSSR count). The number of hydrogen-bond acceptors (Lipinski definition) is 4. The van der Waals surface area contributed by atoms with Gasteiger partial charge in [0.15, 0.2) is 0 Å². The highest BCUT2D eigenvalue weighted by molar-refractivity contribution is 6.01. The van der Waals surface area contributed by atoms with Gasteiger partial charge in [0.2, 0.25) is 11.8 Å². The van der Waals surface area contributed by atoms with Crippen LogP contribution in [0.3, 0.4) is 0 Å². The molecule has 1 saturated carbocycles. The Kier molecular flexibility index (Phi) is 7.16. The summed E-state index contributed by atoms with van der Waals surface area (Å²) in [6, 6.07) is 14.5. The molecule has 0 bridgehead atoms. The van der Waals surface area contributed by atoms with E-state index in [4.69, 9.17) is 4.74 Å². The van der Waals surface area contributed by atoms with Crippen molar-refractivity contribution in [1.29, 1.82) is 0 Å². The van der Waals surface area contributed by atoms with Crippen LogP contribution in [0.1, 0.15) is 57.1 Å². The number of halogens is 1. The van der Waals surface area contributed by atoms with Crippen molar-refractivity contribution in [2.24, 2.45) is 11.8 Å². The van der Waals surface area contributed by atoms with Crippen LogP contribution in [0, 0.1) is 17.7 Å². The molecule has 1 N–H and O–H groups in total. The Balaban J connectivity index is 1.38. The summed E-state index contributed by atoms with van der Waals surface area (Å²) in [5.41, 5.74) is 1.62. The van der Waals surface area contributed by atoms with E-state index in [2.05, 4.69) is 17.4 Å². The van der Waals surface area contributed by atoms with E-state index in [1.165, 1.54) is 23.8 Å². The minimum absolute atomic E-state index is 0.000646. The van der Waals surface area contributed by atoms with Crippen LogP contribution in [0.5, 0.6) is 0 Å². The lowest BCUT2D eigenvalue weighted by Gasteiger charge is -2.33. The number of rotatable bonds is 6. The van der Waals surface area contributed by atoms with Crippen LogP contribution in [-0.2, 0) is 20.7 Å². The fourth-order valence-electron chi connectivity index (χ4n) is 5.68. The maximum atomic E-state index is 14.1. The smallest absolute Gasteiger partial charge is 0.410 e. The van der Waals surface area contributed by atoms with Gasteiger partial charge >= 0.3 is 6.09 Å². The summed E-state index contributed by atoms with van der Waals surface area (Å²) >= 11 is 0. The molecule has 3 aliphatic rings. The SMILES string of the molecule is CC(C)(C)OC(=O)N1C[C@@H](Cc2ccccc2)[C@@H](CN(C(=O)C2CC(=O)Nc3ccc(F)cc32)C2CC2)C1. The normalized spacial score (nSPS) is 23.0. The predicted octanol–water partition coefficient (Wildman–Crippen LogP) is 4.97. The van der Waals surface area contributed by atoms with Crippen LogP contribution < -0.4 is 5.32 Å². The van der Waals surface area contributed by atoms with E-state index in [1.54, 1.807) is 4.90 Å². The zero-order valence-corrected chi connectivity index (χ0v) is 22.3. The minimum atomic E-state index is -0.717. The second kappa shape index (κ2) is 10.4. The fraction of sp³-hybridized carbons (Fsp3) is 0.500. The highest BCUT2D eigenvalue weighted by atomic mass is 19.1. The zero-order valence-electron chi connectivity index (χ0n) is 22.3. The van der Waals surface area contributed by atoms with Crippen molar-refractivity contribution in [2.45, 2.75) is 64.0 Å². The Bertz CT molecular complexity index is 1210. The van der Waals surface area contributed by atoms with E-state index in [0.29, 0.717) is 30.9 Å². The lowest BCUT2D eigenvalue weighted by atomic mass is 9.87. The molecule has 2 aromatic rings. The van der Waals surface area contributed by atoms with Crippen molar-refractivity contribution in [1.82, 2.24) is 9.80 Å². The largest absolute Gasteiger partial charge is 0.444 e. The maximum absolute atomic E-state index is 14.1. The first-order valence-electron chi connectivity index (χ1n) is 13.5. The van der Waals surface area contributed by atoms with Gasteiger partial charge in [-0.1, -0.05) is 30.3 Å². The van der Waals surface area contributed by atoms with Gasteiger partial charge in [0.1, 0.15) is 11.4 Å². The Hall–Kier alpha value is -3.42. The van der Waals surface area contributed by atoms with Gasteiger partial charge in [0.05, 0.1) is 5.92 Å². The Labute approximate surface area is 223 Å². The number of nitrogens with one attached hydrogen (secondary N) is 1. The topological polar surface area (TPSA) is 79.0 Å². The molecule has 2 fully saturated rings. The summed E-state index contributed by atoms with van der Waals surface area (Å²) in [6.07, 6.45) is 2.27. The number of anilines is 1. The van der Waals surface area contributed by atoms with Crippen molar-refractivity contribution < 1.29 is 23.5 Å². The van der Waals surface area contributed by atoms with E-state index < -0.39 is 17.3 Å². The van der Waals surface area contributed by atoms with Crippen molar-refractivity contribution >= 4 is 23.6 Å². The van der Waals surface area contributed by atoms with Crippen molar-refractivity contribution in [3.8, 4) is 0 Å². The molecule has 0 spiro atoms. The van der Waals surface area contributed by atoms with Crippen molar-refractivity contribution in [2.75, 3.05) is 25.0 Å². The molecule has 3 atom stereocenters. The Morgan fingerprint density at radius 3 is 2.47 bits per heavy atom. The Morgan fingerprint density at radius 2 is 1.79 bits per heavy atom. The average Bonchev–Trinajstić information content (AvgIpc) is 3.62. The predicted molar refractivity (Wildman–Crippen MR) is 142 cm³/mol. The second-order valence-electron chi connectivity index (χ2n) is 11.9. The molecule has 0 aromatic heterocycles. The number of likely N-dealkylation sites (tertiary alicyclic amines) is 1. The number of ether oxygens (including phenoxy) is 1. The summed E-state index contributed by atoms with van der Waals surface area (Å²) in [5.74, 6) is -1.32. The lowest BCUT2D eigenvalue weighted by molar-refractivity contribution is -0.136. The molecule has 2 aliphatic heterocycles. The molecular weight excluding hydrogens is 485 g/mol. The molecule has 1 saturated heterocycles. The fourth-order valence-corrected chi connectivity index (χ4v) is 5.68. The summed E-state index contributed by atoms with van der Waals surface area (Å²) in [5, 5.41) is 2.77. The van der Waals surface area contributed by atoms with Crippen LogP contribution in [0.4, 0.5) is 14.9 Å². The number of carbonyl (C=O) groups excluding carboxylic acids is 3. The monoisotopic (exact) mass is 521 g/mol. The van der Waals surface area contributed by atoms with E-state index in [9.17, 15) is 18.8 Å². The van der Waals surface area contributed by atoms with E-state index >= 15 is 0 Å². The number of fused-ring (bicyclic) bond motifs is 1. The first kappa shape index (κ1) is 26.2. The van der Waals surface area contributed by atoms with Crippen LogP contribution >= 0.6 is 0 Å². The molecule has 3 amide bonds. The van der Waals surface area contributed by atoms with Gasteiger partial charge in [-0.15, -0.1) is 0 Å². The summed E-state index contributed by atoms with van der Waals surface area (Å²) in [4.78, 5) is 43.0. The van der Waals surface area contributed by atoms with Crippen LogP contribution in [0.25, 0.3) is 0 Å². The lowest BCUT2D eigenvalue weighted by Crippen LogP contribution is -2.44. The van der Waals surface area contributed by atoms with Gasteiger partial charge < -0.3 is 19.9 Å². The van der Waals surface area contributed by atoms with Crippen molar-refractivity contribution in [3.63, 3.8) is 0 Å². The average molecular weight is 522 g/mol. The molecule has 2 heterocycles. The molecule has 7 nitrogen and oxygen atoms in total. The third-order valence-corrected chi connectivity index (χ3v) is 7.62. The summed E-state index contributed by atoms with van der Waals surface area (Å²) in [6.45, 7) is 7.11. The minimum Gasteiger partial charge on any atom is -0.444 e. The van der Waals surface area contributed by atoms with Crippen LogP contribution in [0.15, 0.2) is 48.5 Å². The third-order valence-electron chi connectivity index (χ3n) is 7.62.